The zero-order valence-corrected chi connectivity index (χ0v) is 18.1. The standard InChI is InChI=1S/C17H24Cl2N2O5S/c1-10(2)8-13(20-16(23)26-17(3,4)5)15(22)21-27(24,25)14-9-11(18)6-7-12(14)19/h6-7,9-10,13H,8H2,1-5H3,(H,20,23)(H,21,22). The van der Waals surface area contributed by atoms with Crippen molar-refractivity contribution in [3.05, 3.63) is 28.2 Å². The van der Waals surface area contributed by atoms with Crippen LogP contribution in [0.2, 0.25) is 10.0 Å². The van der Waals surface area contributed by atoms with Crippen molar-refractivity contribution < 1.29 is 22.7 Å². The van der Waals surface area contributed by atoms with Crippen LogP contribution in [0, 0.1) is 5.92 Å². The van der Waals surface area contributed by atoms with E-state index in [2.05, 4.69) is 5.32 Å². The van der Waals surface area contributed by atoms with Gasteiger partial charge in [0.05, 0.1) is 5.02 Å². The Bertz CT molecular complexity index is 804. The molecular weight excluding hydrogens is 415 g/mol. The highest BCUT2D eigenvalue weighted by atomic mass is 35.5. The summed E-state index contributed by atoms with van der Waals surface area (Å²) < 4.78 is 32.1. The summed E-state index contributed by atoms with van der Waals surface area (Å²) in [4.78, 5) is 24.2. The molecule has 0 heterocycles. The Morgan fingerprint density at radius 1 is 1.19 bits per heavy atom. The van der Waals surface area contributed by atoms with Gasteiger partial charge in [0.15, 0.2) is 0 Å². The lowest BCUT2D eigenvalue weighted by molar-refractivity contribution is -0.121. The molecule has 152 valence electrons. The smallest absolute Gasteiger partial charge is 0.408 e. The number of sulfonamides is 1. The molecule has 2 N–H and O–H groups in total. The van der Waals surface area contributed by atoms with Crippen LogP contribution in [0.5, 0.6) is 0 Å². The van der Waals surface area contributed by atoms with Crippen LogP contribution in [0.15, 0.2) is 23.1 Å². The van der Waals surface area contributed by atoms with Gasteiger partial charge < -0.3 is 10.1 Å². The van der Waals surface area contributed by atoms with Crippen molar-refractivity contribution in [1.82, 2.24) is 10.0 Å². The third-order valence-corrected chi connectivity index (χ3v) is 5.20. The van der Waals surface area contributed by atoms with Gasteiger partial charge in [-0.25, -0.2) is 17.9 Å². The first-order valence-corrected chi connectivity index (χ1v) is 10.5. The van der Waals surface area contributed by atoms with Crippen molar-refractivity contribution in [2.24, 2.45) is 5.92 Å². The number of nitrogens with one attached hydrogen (secondary N) is 2. The van der Waals surface area contributed by atoms with Gasteiger partial charge >= 0.3 is 6.09 Å². The van der Waals surface area contributed by atoms with Crippen molar-refractivity contribution in [2.75, 3.05) is 0 Å². The topological polar surface area (TPSA) is 102 Å². The first kappa shape index (κ1) is 23.5. The Morgan fingerprint density at radius 3 is 2.30 bits per heavy atom. The third-order valence-electron chi connectivity index (χ3n) is 3.13. The second-order valence-electron chi connectivity index (χ2n) is 7.37. The highest BCUT2D eigenvalue weighted by Gasteiger charge is 2.29. The summed E-state index contributed by atoms with van der Waals surface area (Å²) in [5, 5.41) is 2.48. The summed E-state index contributed by atoms with van der Waals surface area (Å²) in [6, 6.07) is 2.77. The van der Waals surface area contributed by atoms with Crippen LogP contribution in [-0.4, -0.2) is 32.1 Å². The first-order valence-electron chi connectivity index (χ1n) is 8.22. The SMILES string of the molecule is CC(C)CC(NC(=O)OC(C)(C)C)C(=O)NS(=O)(=O)c1cc(Cl)ccc1Cl. The van der Waals surface area contributed by atoms with E-state index in [4.69, 9.17) is 27.9 Å². The van der Waals surface area contributed by atoms with E-state index in [1.54, 1.807) is 20.8 Å². The molecule has 7 nitrogen and oxygen atoms in total. The van der Waals surface area contributed by atoms with Gasteiger partial charge in [-0.1, -0.05) is 37.0 Å². The monoisotopic (exact) mass is 438 g/mol. The van der Waals surface area contributed by atoms with Crippen LogP contribution >= 0.6 is 23.2 Å². The molecule has 0 fully saturated rings. The summed E-state index contributed by atoms with van der Waals surface area (Å²) in [5.41, 5.74) is -0.761. The number of carbonyl (C=O) groups excluding carboxylic acids is 2. The Balaban J connectivity index is 3.01. The third kappa shape index (κ3) is 7.94. The summed E-state index contributed by atoms with van der Waals surface area (Å²) in [5.74, 6) is -0.890. The van der Waals surface area contributed by atoms with Gasteiger partial charge in [-0.15, -0.1) is 0 Å². The second kappa shape index (κ2) is 9.12. The number of alkyl carbamates (subject to hydrolysis) is 1. The molecule has 0 saturated heterocycles. The molecule has 0 aliphatic heterocycles. The molecule has 27 heavy (non-hydrogen) atoms. The molecule has 0 saturated carbocycles. The Kier molecular flexibility index (Phi) is 7.95. The Labute approximate surface area is 169 Å². The lowest BCUT2D eigenvalue weighted by Crippen LogP contribution is -2.50. The molecule has 1 rings (SSSR count). The molecule has 0 spiro atoms. The lowest BCUT2D eigenvalue weighted by Gasteiger charge is -2.24. The fourth-order valence-corrected chi connectivity index (χ4v) is 3.88. The van der Waals surface area contributed by atoms with Crippen LogP contribution < -0.4 is 10.0 Å². The van der Waals surface area contributed by atoms with E-state index in [1.807, 2.05) is 18.6 Å². The van der Waals surface area contributed by atoms with Crippen molar-refractivity contribution >= 4 is 45.2 Å². The number of benzene rings is 1. The van der Waals surface area contributed by atoms with E-state index in [0.29, 0.717) is 0 Å². The minimum absolute atomic E-state index is 0.00754. The first-order chi connectivity index (χ1) is 12.2. The van der Waals surface area contributed by atoms with Gasteiger partial charge in [0, 0.05) is 5.02 Å². The Morgan fingerprint density at radius 2 is 1.78 bits per heavy atom. The van der Waals surface area contributed by atoms with Crippen LogP contribution in [0.4, 0.5) is 4.79 Å². The Hall–Kier alpha value is -1.51. The van der Waals surface area contributed by atoms with Gasteiger partial charge in [0.1, 0.15) is 16.5 Å². The van der Waals surface area contributed by atoms with E-state index in [1.165, 1.54) is 12.1 Å². The van der Waals surface area contributed by atoms with Crippen LogP contribution in [-0.2, 0) is 19.6 Å². The zero-order chi connectivity index (χ0) is 21.0. The van der Waals surface area contributed by atoms with Crippen molar-refractivity contribution in [1.29, 1.82) is 0 Å². The highest BCUT2D eigenvalue weighted by Crippen LogP contribution is 2.25. The molecule has 2 amide bonds. The van der Waals surface area contributed by atoms with Crippen LogP contribution in [0.3, 0.4) is 0 Å². The van der Waals surface area contributed by atoms with Crippen molar-refractivity contribution in [2.45, 2.75) is 57.6 Å². The normalized spacial score (nSPS) is 13.2. The lowest BCUT2D eigenvalue weighted by atomic mass is 10.0. The van der Waals surface area contributed by atoms with Gasteiger partial charge in [-0.2, -0.15) is 0 Å². The van der Waals surface area contributed by atoms with Crippen LogP contribution in [0.25, 0.3) is 0 Å². The second-order valence-corrected chi connectivity index (χ2v) is 9.87. The predicted molar refractivity (Wildman–Crippen MR) is 104 cm³/mol. The molecule has 0 aliphatic rings. The summed E-state index contributed by atoms with van der Waals surface area (Å²) in [6.07, 6.45) is -0.606. The van der Waals surface area contributed by atoms with Gasteiger partial charge in [-0.05, 0) is 51.3 Å². The van der Waals surface area contributed by atoms with Crippen molar-refractivity contribution in [3.8, 4) is 0 Å². The maximum atomic E-state index is 12.5. The fourth-order valence-electron chi connectivity index (χ4n) is 2.09. The molecule has 0 bridgehead atoms. The minimum Gasteiger partial charge on any atom is -0.444 e. The maximum Gasteiger partial charge on any atom is 0.408 e. The molecule has 0 aliphatic carbocycles. The molecule has 0 aromatic heterocycles. The van der Waals surface area contributed by atoms with Gasteiger partial charge in [0.25, 0.3) is 15.9 Å². The van der Waals surface area contributed by atoms with E-state index >= 15 is 0 Å². The number of rotatable bonds is 6. The van der Waals surface area contributed by atoms with E-state index in [-0.39, 0.29) is 27.3 Å². The summed E-state index contributed by atoms with van der Waals surface area (Å²) in [6.45, 7) is 8.69. The molecule has 10 heteroatoms. The number of carbonyl (C=O) groups is 2. The molecular formula is C17H24Cl2N2O5S. The quantitative estimate of drug-likeness (QED) is 0.703. The molecule has 1 unspecified atom stereocenters. The average Bonchev–Trinajstić information content (AvgIpc) is 2.46. The fraction of sp³-hybridized carbons (Fsp3) is 0.529. The molecule has 1 aromatic carbocycles. The number of amides is 2. The van der Waals surface area contributed by atoms with Gasteiger partial charge in [0.2, 0.25) is 0 Å². The highest BCUT2D eigenvalue weighted by molar-refractivity contribution is 7.90. The van der Waals surface area contributed by atoms with Gasteiger partial charge in [-0.3, -0.25) is 4.79 Å². The largest absolute Gasteiger partial charge is 0.444 e. The predicted octanol–water partition coefficient (Wildman–Crippen LogP) is 3.74. The van der Waals surface area contributed by atoms with Crippen molar-refractivity contribution in [3.63, 3.8) is 0 Å². The number of hydrogen-bond donors (Lipinski definition) is 2. The molecule has 1 atom stereocenters. The summed E-state index contributed by atoms with van der Waals surface area (Å²) in [7, 11) is -4.27. The molecule has 1 aromatic rings. The number of ether oxygens (including phenoxy) is 1. The maximum absolute atomic E-state index is 12.5. The van der Waals surface area contributed by atoms with E-state index in [0.717, 1.165) is 6.07 Å². The van der Waals surface area contributed by atoms with E-state index < -0.39 is 33.7 Å². The zero-order valence-electron chi connectivity index (χ0n) is 15.8. The number of halogens is 2. The van der Waals surface area contributed by atoms with Crippen LogP contribution in [0.1, 0.15) is 41.0 Å². The average molecular weight is 439 g/mol. The number of hydrogen-bond acceptors (Lipinski definition) is 5. The van der Waals surface area contributed by atoms with E-state index in [9.17, 15) is 18.0 Å². The summed E-state index contributed by atoms with van der Waals surface area (Å²) >= 11 is 11.7. The minimum atomic E-state index is -4.27. The molecule has 0 radical (unpaired) electrons.